The van der Waals surface area contributed by atoms with E-state index in [9.17, 15) is 58.2 Å². The number of nitrogens with one attached hydrogen (secondary N) is 7. The summed E-state index contributed by atoms with van der Waals surface area (Å²) in [6.45, 7) is 6.90. The predicted molar refractivity (Wildman–Crippen MR) is 272 cm³/mol. The minimum atomic E-state index is -1.03. The zero-order chi connectivity index (χ0) is 55.3. The zero-order valence-electron chi connectivity index (χ0n) is 43.2. The minimum absolute atomic E-state index is 0.0202. The molecule has 75 heavy (non-hydrogen) atoms. The summed E-state index contributed by atoms with van der Waals surface area (Å²) in [5.74, 6) is -5.71. The molecule has 0 unspecified atom stereocenters. The molecule has 9 N–H and O–H groups in total. The lowest BCUT2D eigenvalue weighted by Crippen LogP contribution is -2.47. The van der Waals surface area contributed by atoms with Crippen LogP contribution in [0.25, 0.3) is 0 Å². The van der Waals surface area contributed by atoms with Gasteiger partial charge in [0, 0.05) is 63.5 Å². The number of rotatable bonds is 34. The SMILES string of the molecule is COCCOCC(=O)NCCCC[C@H](NC(=O)CCCN1C(=O)C=CC1=O)C(=O)NCCCC(=O)NCC(=O)Nc1ccc(COCC(=O)Nc2cc(C[C@@H](C[C@H](C)C(=O)O)NC(=O)OC(C)(C)C)ccc2O)cc1. The molecule has 24 nitrogen and oxygen atoms in total. The normalized spacial score (nSPS) is 13.3. The summed E-state index contributed by atoms with van der Waals surface area (Å²) < 4.78 is 21.0. The highest BCUT2D eigenvalue weighted by Gasteiger charge is 2.26. The first-order valence-corrected chi connectivity index (χ1v) is 24.6. The van der Waals surface area contributed by atoms with Crippen molar-refractivity contribution in [2.45, 2.75) is 110 Å². The van der Waals surface area contributed by atoms with Crippen molar-refractivity contribution >= 4 is 70.7 Å². The van der Waals surface area contributed by atoms with Gasteiger partial charge >= 0.3 is 12.1 Å². The fraction of sp³-hybridized carbons (Fsp3) is 0.529. The van der Waals surface area contributed by atoms with E-state index in [0.29, 0.717) is 42.8 Å². The number of carboxylic acids is 1. The topological polar surface area (TPSA) is 336 Å². The van der Waals surface area contributed by atoms with Gasteiger partial charge in [0.15, 0.2) is 0 Å². The van der Waals surface area contributed by atoms with Crippen molar-refractivity contribution in [2.24, 2.45) is 5.92 Å². The number of imide groups is 1. The van der Waals surface area contributed by atoms with E-state index in [4.69, 9.17) is 18.9 Å². The Kier molecular flexibility index (Phi) is 27.0. The number of unbranched alkanes of at least 4 members (excludes halogenated alkanes) is 1. The molecule has 0 aromatic heterocycles. The van der Waals surface area contributed by atoms with E-state index in [0.717, 1.165) is 17.1 Å². The number of carboxylic acid groups (broad SMARTS) is 1. The number of methoxy groups -OCH3 is 1. The van der Waals surface area contributed by atoms with Crippen molar-refractivity contribution < 1.29 is 77.1 Å². The van der Waals surface area contributed by atoms with E-state index in [1.807, 2.05) is 0 Å². The lowest BCUT2D eigenvalue weighted by molar-refractivity contribution is -0.141. The van der Waals surface area contributed by atoms with E-state index < -0.39 is 77.0 Å². The molecular weight excluding hydrogens is 981 g/mol. The van der Waals surface area contributed by atoms with Crippen LogP contribution in [0.2, 0.25) is 0 Å². The minimum Gasteiger partial charge on any atom is -0.506 e. The van der Waals surface area contributed by atoms with Crippen LogP contribution < -0.4 is 37.2 Å². The average molecular weight is 1050 g/mol. The van der Waals surface area contributed by atoms with Crippen molar-refractivity contribution in [3.8, 4) is 5.75 Å². The van der Waals surface area contributed by atoms with Crippen molar-refractivity contribution in [2.75, 3.05) is 70.3 Å². The quantitative estimate of drug-likeness (QED) is 0.0276. The number of anilines is 2. The number of phenolic OH excluding ortho intramolecular Hbond substituents is 1. The predicted octanol–water partition coefficient (Wildman–Crippen LogP) is 2.18. The van der Waals surface area contributed by atoms with Gasteiger partial charge in [0.1, 0.15) is 30.6 Å². The fourth-order valence-corrected chi connectivity index (χ4v) is 7.12. The maximum atomic E-state index is 13.2. The summed E-state index contributed by atoms with van der Waals surface area (Å²) in [5, 5.41) is 38.6. The number of nitrogens with zero attached hydrogens (tertiary/aromatic N) is 1. The van der Waals surface area contributed by atoms with Crippen molar-refractivity contribution in [1.29, 1.82) is 0 Å². The Hall–Kier alpha value is -7.44. The van der Waals surface area contributed by atoms with E-state index in [-0.39, 0.29) is 108 Å². The van der Waals surface area contributed by atoms with Crippen LogP contribution in [0.1, 0.15) is 90.2 Å². The number of ether oxygens (including phenoxy) is 4. The molecule has 1 aliphatic rings. The molecule has 0 saturated heterocycles. The molecule has 0 fully saturated rings. The molecule has 2 aromatic carbocycles. The third-order valence-corrected chi connectivity index (χ3v) is 10.9. The van der Waals surface area contributed by atoms with Crippen LogP contribution >= 0.6 is 0 Å². The molecule has 1 aliphatic heterocycles. The second kappa shape index (κ2) is 32.7. The van der Waals surface area contributed by atoms with Crippen LogP contribution in [0, 0.1) is 5.92 Å². The monoisotopic (exact) mass is 1050 g/mol. The third-order valence-electron chi connectivity index (χ3n) is 10.9. The maximum Gasteiger partial charge on any atom is 0.407 e. The van der Waals surface area contributed by atoms with Crippen molar-refractivity contribution in [1.82, 2.24) is 31.5 Å². The highest BCUT2D eigenvalue weighted by Crippen LogP contribution is 2.26. The van der Waals surface area contributed by atoms with Gasteiger partial charge in [-0.15, -0.1) is 0 Å². The van der Waals surface area contributed by atoms with Crippen molar-refractivity contribution in [3.05, 3.63) is 65.7 Å². The molecule has 0 spiro atoms. The summed E-state index contributed by atoms with van der Waals surface area (Å²) in [6, 6.07) is 9.47. The van der Waals surface area contributed by atoms with Crippen molar-refractivity contribution in [3.63, 3.8) is 0 Å². The van der Waals surface area contributed by atoms with Gasteiger partial charge in [-0.25, -0.2) is 4.79 Å². The van der Waals surface area contributed by atoms with Gasteiger partial charge in [-0.05, 0) is 101 Å². The molecule has 0 aliphatic carbocycles. The van der Waals surface area contributed by atoms with Gasteiger partial charge in [-0.3, -0.25) is 48.1 Å². The van der Waals surface area contributed by atoms with Gasteiger partial charge < -0.3 is 66.4 Å². The smallest absolute Gasteiger partial charge is 0.407 e. The highest BCUT2D eigenvalue weighted by atomic mass is 16.6. The number of hydrogen-bond donors (Lipinski definition) is 9. The van der Waals surface area contributed by atoms with Crippen LogP contribution in [-0.4, -0.2) is 152 Å². The molecule has 0 bridgehead atoms. The molecular formula is C51H72N8O16. The summed E-state index contributed by atoms with van der Waals surface area (Å²) in [4.78, 5) is 125. The third kappa shape index (κ3) is 25.9. The van der Waals surface area contributed by atoms with Crippen LogP contribution in [0.4, 0.5) is 16.2 Å². The summed E-state index contributed by atoms with van der Waals surface area (Å²) >= 11 is 0. The molecule has 2 aromatic rings. The average Bonchev–Trinajstić information content (AvgIpc) is 3.66. The number of phenols is 1. The van der Waals surface area contributed by atoms with Gasteiger partial charge in [0.05, 0.1) is 38.0 Å². The lowest BCUT2D eigenvalue weighted by Gasteiger charge is -2.25. The van der Waals surface area contributed by atoms with Gasteiger partial charge in [-0.1, -0.05) is 25.1 Å². The van der Waals surface area contributed by atoms with Gasteiger partial charge in [-0.2, -0.15) is 0 Å². The Balaban J connectivity index is 1.38. The molecule has 9 amide bonds. The highest BCUT2D eigenvalue weighted by molar-refractivity contribution is 6.12. The number of carbonyl (C=O) groups excluding carboxylic acids is 9. The zero-order valence-corrected chi connectivity index (χ0v) is 43.2. The fourth-order valence-electron chi connectivity index (χ4n) is 7.12. The molecule has 0 radical (unpaired) electrons. The standard InChI is InChI=1S/C51H72N8O16/c1-33(49(69)70)26-37(56-50(71)75-51(2,3)4)27-35-15-18-40(60)39(28-35)58-45(65)32-74-30-34-13-16-36(17-14-34)55-43(63)29-54-41(61)11-8-22-53-48(68)38(10-6-7-21-52-44(64)31-73-25-24-72-5)57-42(62)12-9-23-59-46(66)19-20-47(59)67/h13-20,28,33,37-38,60H,6-12,21-27,29-32H2,1-5H3,(H,52,64)(H,53,68)(H,54,61)(H,55,63)(H,56,71)(H,57,62)(H,58,65)(H,69,70)/t33-,37+,38-/m0/s1. The summed E-state index contributed by atoms with van der Waals surface area (Å²) in [6.07, 6.45) is 3.42. The Morgan fingerprint density at radius 2 is 1.37 bits per heavy atom. The van der Waals surface area contributed by atoms with Crippen LogP contribution in [0.5, 0.6) is 5.75 Å². The first-order valence-electron chi connectivity index (χ1n) is 24.6. The van der Waals surface area contributed by atoms with E-state index >= 15 is 0 Å². The first kappa shape index (κ1) is 61.9. The second-order valence-electron chi connectivity index (χ2n) is 18.6. The summed E-state index contributed by atoms with van der Waals surface area (Å²) in [7, 11) is 1.52. The van der Waals surface area contributed by atoms with E-state index in [2.05, 4.69) is 37.2 Å². The maximum absolute atomic E-state index is 13.2. The van der Waals surface area contributed by atoms with Gasteiger partial charge in [0.2, 0.25) is 35.4 Å². The number of carbonyl (C=O) groups is 10. The Morgan fingerprint density at radius 3 is 2.05 bits per heavy atom. The number of hydrogen-bond acceptors (Lipinski definition) is 15. The molecule has 3 atom stereocenters. The number of alkyl carbamates (subject to hydrolysis) is 1. The Bertz CT molecular complexity index is 2280. The van der Waals surface area contributed by atoms with Crippen LogP contribution in [0.15, 0.2) is 54.6 Å². The Labute approximate surface area is 435 Å². The number of benzene rings is 2. The molecule has 1 heterocycles. The summed E-state index contributed by atoms with van der Waals surface area (Å²) in [5.41, 5.74) is 1.01. The number of aromatic hydroxyl groups is 1. The molecule has 0 saturated carbocycles. The molecule has 412 valence electrons. The number of amides is 9. The second-order valence-corrected chi connectivity index (χ2v) is 18.6. The lowest BCUT2D eigenvalue weighted by atomic mass is 9.96. The molecule has 24 heteroatoms. The molecule has 3 rings (SSSR count). The largest absolute Gasteiger partial charge is 0.506 e. The number of aliphatic carboxylic acids is 1. The van der Waals surface area contributed by atoms with Crippen LogP contribution in [-0.2, 0) is 75.1 Å². The van der Waals surface area contributed by atoms with Crippen LogP contribution in [0.3, 0.4) is 0 Å². The van der Waals surface area contributed by atoms with E-state index in [1.165, 1.54) is 26.2 Å². The Morgan fingerprint density at radius 1 is 0.707 bits per heavy atom. The first-order chi connectivity index (χ1) is 35.6. The van der Waals surface area contributed by atoms with Gasteiger partial charge in [0.25, 0.3) is 11.8 Å². The van der Waals surface area contributed by atoms with E-state index in [1.54, 1.807) is 51.1 Å².